The van der Waals surface area contributed by atoms with Gasteiger partial charge in [-0.2, -0.15) is 0 Å². The minimum Gasteiger partial charge on any atom is -0.481 e. The second-order valence-corrected chi connectivity index (χ2v) is 3.25. The molecule has 0 heterocycles. The highest BCUT2D eigenvalue weighted by molar-refractivity contribution is 5.67. The van der Waals surface area contributed by atoms with E-state index >= 15 is 0 Å². The quantitative estimate of drug-likeness (QED) is 0.681. The van der Waals surface area contributed by atoms with E-state index < -0.39 is 12.0 Å². The molecule has 1 unspecified atom stereocenters. The fourth-order valence-corrected chi connectivity index (χ4v) is 1.11. The average Bonchev–Trinajstić information content (AvgIpc) is 2.16. The first-order valence-corrected chi connectivity index (χ1v) is 4.55. The fourth-order valence-electron chi connectivity index (χ4n) is 1.11. The predicted molar refractivity (Wildman–Crippen MR) is 55.1 cm³/mol. The van der Waals surface area contributed by atoms with Gasteiger partial charge in [-0.05, 0) is 24.3 Å². The maximum absolute atomic E-state index is 12.5. The highest BCUT2D eigenvalue weighted by Crippen LogP contribution is 2.07. The van der Waals surface area contributed by atoms with Gasteiger partial charge in [0.1, 0.15) is 5.82 Å². The number of hydrogen-bond acceptors (Lipinski definition) is 3. The topological polar surface area (TPSA) is 75.3 Å². The zero-order chi connectivity index (χ0) is 11.3. The van der Waals surface area contributed by atoms with E-state index in [0.717, 1.165) is 5.69 Å². The molecule has 0 aliphatic heterocycles. The van der Waals surface area contributed by atoms with Gasteiger partial charge in [-0.25, -0.2) is 4.39 Å². The molecule has 0 aliphatic carbocycles. The fraction of sp³-hybridized carbons (Fsp3) is 0.300. The first-order chi connectivity index (χ1) is 7.08. The van der Waals surface area contributed by atoms with Crippen molar-refractivity contribution < 1.29 is 14.3 Å². The van der Waals surface area contributed by atoms with Crippen LogP contribution in [0.5, 0.6) is 0 Å². The number of anilines is 1. The lowest BCUT2D eigenvalue weighted by molar-refractivity contribution is -0.137. The molecule has 0 aromatic heterocycles. The molecule has 1 atom stereocenters. The molecule has 0 saturated heterocycles. The molecule has 1 rings (SSSR count). The maximum Gasteiger partial charge on any atom is 0.304 e. The van der Waals surface area contributed by atoms with Gasteiger partial charge in [0.2, 0.25) is 0 Å². The van der Waals surface area contributed by atoms with Crippen molar-refractivity contribution >= 4 is 11.7 Å². The highest BCUT2D eigenvalue weighted by Gasteiger charge is 2.07. The van der Waals surface area contributed by atoms with Gasteiger partial charge >= 0.3 is 5.97 Å². The van der Waals surface area contributed by atoms with E-state index in [-0.39, 0.29) is 12.2 Å². The minimum atomic E-state index is -0.927. The SMILES string of the molecule is NC(CNc1ccc(F)cc1)CC(=O)O. The summed E-state index contributed by atoms with van der Waals surface area (Å²) in [4.78, 5) is 10.3. The van der Waals surface area contributed by atoms with Crippen molar-refractivity contribution in [3.8, 4) is 0 Å². The molecule has 0 radical (unpaired) electrons. The van der Waals surface area contributed by atoms with Gasteiger partial charge in [-0.3, -0.25) is 4.79 Å². The van der Waals surface area contributed by atoms with E-state index in [0.29, 0.717) is 6.54 Å². The Morgan fingerprint density at radius 2 is 2.07 bits per heavy atom. The summed E-state index contributed by atoms with van der Waals surface area (Å²) >= 11 is 0. The Labute approximate surface area is 86.9 Å². The van der Waals surface area contributed by atoms with Crippen LogP contribution in [0.1, 0.15) is 6.42 Å². The largest absolute Gasteiger partial charge is 0.481 e. The first-order valence-electron chi connectivity index (χ1n) is 4.55. The summed E-state index contributed by atoms with van der Waals surface area (Å²) in [5, 5.41) is 11.4. The lowest BCUT2D eigenvalue weighted by Crippen LogP contribution is -2.31. The Kier molecular flexibility index (Phi) is 4.05. The number of benzene rings is 1. The molecule has 1 aromatic rings. The van der Waals surface area contributed by atoms with E-state index in [2.05, 4.69) is 5.32 Å². The van der Waals surface area contributed by atoms with Crippen molar-refractivity contribution in [1.29, 1.82) is 0 Å². The van der Waals surface area contributed by atoms with Crippen molar-refractivity contribution in [2.45, 2.75) is 12.5 Å². The summed E-state index contributed by atoms with van der Waals surface area (Å²) < 4.78 is 12.5. The van der Waals surface area contributed by atoms with E-state index in [9.17, 15) is 9.18 Å². The number of carbonyl (C=O) groups is 1. The number of aliphatic carboxylic acids is 1. The van der Waals surface area contributed by atoms with Gasteiger partial charge < -0.3 is 16.2 Å². The van der Waals surface area contributed by atoms with Gasteiger partial charge in [0, 0.05) is 18.3 Å². The highest BCUT2D eigenvalue weighted by atomic mass is 19.1. The van der Waals surface area contributed by atoms with Crippen LogP contribution in [0, 0.1) is 5.82 Å². The van der Waals surface area contributed by atoms with Crippen LogP contribution in [0.2, 0.25) is 0 Å². The summed E-state index contributed by atoms with van der Waals surface area (Å²) in [5.74, 6) is -1.24. The van der Waals surface area contributed by atoms with Crippen LogP contribution < -0.4 is 11.1 Å². The minimum absolute atomic E-state index is 0.0891. The van der Waals surface area contributed by atoms with Gasteiger partial charge in [0.05, 0.1) is 6.42 Å². The van der Waals surface area contributed by atoms with Crippen LogP contribution in [-0.4, -0.2) is 23.7 Å². The van der Waals surface area contributed by atoms with E-state index in [4.69, 9.17) is 10.8 Å². The molecule has 0 aliphatic rings. The lowest BCUT2D eigenvalue weighted by atomic mass is 10.2. The molecule has 4 N–H and O–H groups in total. The summed E-state index contributed by atoms with van der Waals surface area (Å²) in [5.41, 5.74) is 6.25. The van der Waals surface area contributed by atoms with Crippen LogP contribution in [0.25, 0.3) is 0 Å². The van der Waals surface area contributed by atoms with Crippen molar-refractivity contribution in [1.82, 2.24) is 0 Å². The van der Waals surface area contributed by atoms with Crippen molar-refractivity contribution in [3.63, 3.8) is 0 Å². The van der Waals surface area contributed by atoms with Gasteiger partial charge in [-0.15, -0.1) is 0 Å². The van der Waals surface area contributed by atoms with Crippen molar-refractivity contribution in [3.05, 3.63) is 30.1 Å². The lowest BCUT2D eigenvalue weighted by Gasteiger charge is -2.11. The Morgan fingerprint density at radius 3 is 2.60 bits per heavy atom. The number of rotatable bonds is 5. The summed E-state index contributed by atoms with van der Waals surface area (Å²) in [6.45, 7) is 0.345. The number of carboxylic acids is 1. The molecule has 0 saturated carbocycles. The number of hydrogen-bond donors (Lipinski definition) is 3. The van der Waals surface area contributed by atoms with Crippen LogP contribution in [-0.2, 0) is 4.79 Å². The standard InChI is InChI=1S/C10H13FN2O2/c11-7-1-3-9(4-2-7)13-6-8(12)5-10(14)15/h1-4,8,13H,5-6,12H2,(H,14,15). The van der Waals surface area contributed by atoms with E-state index in [1.54, 1.807) is 12.1 Å². The summed E-state index contributed by atoms with van der Waals surface area (Å²) in [7, 11) is 0. The molecule has 0 spiro atoms. The van der Waals surface area contributed by atoms with Crippen LogP contribution >= 0.6 is 0 Å². The Morgan fingerprint density at radius 1 is 1.47 bits per heavy atom. The molecule has 4 nitrogen and oxygen atoms in total. The molecule has 0 bridgehead atoms. The van der Waals surface area contributed by atoms with Gasteiger partial charge in [0.15, 0.2) is 0 Å². The Balaban J connectivity index is 2.36. The number of nitrogens with one attached hydrogen (secondary N) is 1. The van der Waals surface area contributed by atoms with Crippen molar-refractivity contribution in [2.24, 2.45) is 5.73 Å². The molecule has 0 fully saturated rings. The normalized spacial score (nSPS) is 12.1. The monoisotopic (exact) mass is 212 g/mol. The zero-order valence-electron chi connectivity index (χ0n) is 8.11. The zero-order valence-corrected chi connectivity index (χ0v) is 8.11. The molecule has 1 aromatic carbocycles. The van der Waals surface area contributed by atoms with Gasteiger partial charge in [0.25, 0.3) is 0 Å². The second-order valence-electron chi connectivity index (χ2n) is 3.25. The third-order valence-corrected chi connectivity index (χ3v) is 1.85. The smallest absolute Gasteiger partial charge is 0.304 e. The summed E-state index contributed by atoms with van der Waals surface area (Å²) in [6.07, 6.45) is -0.0891. The van der Waals surface area contributed by atoms with Crippen LogP contribution in [0.15, 0.2) is 24.3 Å². The molecular weight excluding hydrogens is 199 g/mol. The second kappa shape index (κ2) is 5.31. The predicted octanol–water partition coefficient (Wildman–Crippen LogP) is 1.04. The molecule has 0 amide bonds. The summed E-state index contributed by atoms with van der Waals surface area (Å²) in [6, 6.07) is 5.34. The number of nitrogens with two attached hydrogens (primary N) is 1. The molecule has 15 heavy (non-hydrogen) atoms. The van der Waals surface area contributed by atoms with Crippen LogP contribution in [0.4, 0.5) is 10.1 Å². The third-order valence-electron chi connectivity index (χ3n) is 1.85. The van der Waals surface area contributed by atoms with Gasteiger partial charge in [-0.1, -0.05) is 0 Å². The van der Waals surface area contributed by atoms with E-state index in [1.165, 1.54) is 12.1 Å². The molecular formula is C10H13FN2O2. The Hall–Kier alpha value is -1.62. The maximum atomic E-state index is 12.5. The van der Waals surface area contributed by atoms with Crippen LogP contribution in [0.3, 0.4) is 0 Å². The number of carboxylic acid groups (broad SMARTS) is 1. The first kappa shape index (κ1) is 11.5. The third kappa shape index (κ3) is 4.42. The van der Waals surface area contributed by atoms with Crippen molar-refractivity contribution in [2.75, 3.05) is 11.9 Å². The Bertz CT molecular complexity index is 327. The van der Waals surface area contributed by atoms with E-state index in [1.807, 2.05) is 0 Å². The molecule has 5 heteroatoms. The average molecular weight is 212 g/mol. The molecule has 82 valence electrons. The number of halogens is 1.